The molecule has 0 heterocycles. The minimum Gasteiger partial charge on any atom is -0.460 e. The van der Waals surface area contributed by atoms with E-state index in [1.54, 1.807) is 0 Å². The fraction of sp³-hybridized carbons (Fsp3) is 0.115. The number of esters is 1. The average molecular weight is 381 g/mol. The summed E-state index contributed by atoms with van der Waals surface area (Å²) >= 11 is 0. The molecule has 0 bridgehead atoms. The predicted octanol–water partition coefficient (Wildman–Crippen LogP) is 5.12. The highest BCUT2D eigenvalue weighted by atomic mass is 16.5. The molecule has 144 valence electrons. The first kappa shape index (κ1) is 18.9. The number of hydrogen-bond donors (Lipinski definition) is 1. The highest BCUT2D eigenvalue weighted by Gasteiger charge is 2.16. The summed E-state index contributed by atoms with van der Waals surface area (Å²) in [5.74, 6) is -0.382. The minimum absolute atomic E-state index is 0.243. The molecule has 29 heavy (non-hydrogen) atoms. The summed E-state index contributed by atoms with van der Waals surface area (Å²) in [5.41, 5.74) is 10.4. The van der Waals surface area contributed by atoms with Crippen LogP contribution in [0.1, 0.15) is 11.1 Å². The largest absolute Gasteiger partial charge is 0.460 e. The van der Waals surface area contributed by atoms with Crippen molar-refractivity contribution < 1.29 is 9.53 Å². The van der Waals surface area contributed by atoms with Crippen LogP contribution in [0, 0.1) is 0 Å². The Balaban J connectivity index is 1.42. The molecule has 4 aromatic rings. The Hall–Kier alpha value is -3.43. The molecule has 0 aliphatic heterocycles. The fourth-order valence-electron chi connectivity index (χ4n) is 3.47. The van der Waals surface area contributed by atoms with E-state index in [9.17, 15) is 4.79 Å². The summed E-state index contributed by atoms with van der Waals surface area (Å²) in [5, 5.41) is 2.45. The topological polar surface area (TPSA) is 52.3 Å². The van der Waals surface area contributed by atoms with Crippen molar-refractivity contribution in [1.29, 1.82) is 0 Å². The number of hydrogen-bond acceptors (Lipinski definition) is 3. The number of carbonyl (C=O) groups is 1. The third-order valence-corrected chi connectivity index (χ3v) is 5.04. The number of nitrogens with two attached hydrogens (primary N) is 1. The molecule has 1 unspecified atom stereocenters. The average Bonchev–Trinajstić information content (AvgIpc) is 2.78. The lowest BCUT2D eigenvalue weighted by molar-refractivity contribution is -0.146. The molecule has 3 heteroatoms. The van der Waals surface area contributed by atoms with Gasteiger partial charge in [-0.3, -0.25) is 4.79 Å². The molecule has 0 spiro atoms. The second-order valence-corrected chi connectivity index (χ2v) is 7.13. The molecule has 0 fully saturated rings. The van der Waals surface area contributed by atoms with E-state index < -0.39 is 6.04 Å². The molecule has 0 saturated carbocycles. The first-order valence-corrected chi connectivity index (χ1v) is 9.74. The van der Waals surface area contributed by atoms with E-state index in [-0.39, 0.29) is 12.6 Å². The molecule has 0 aromatic heterocycles. The van der Waals surface area contributed by atoms with Crippen molar-refractivity contribution in [3.63, 3.8) is 0 Å². The van der Waals surface area contributed by atoms with Gasteiger partial charge in [0.15, 0.2) is 0 Å². The number of rotatable bonds is 6. The van der Waals surface area contributed by atoms with Crippen LogP contribution in [0.3, 0.4) is 0 Å². The molecule has 4 rings (SSSR count). The van der Waals surface area contributed by atoms with Gasteiger partial charge in [0.25, 0.3) is 0 Å². The second-order valence-electron chi connectivity index (χ2n) is 7.13. The molecule has 4 aromatic carbocycles. The van der Waals surface area contributed by atoms with Crippen LogP contribution in [0.25, 0.3) is 21.9 Å². The maximum Gasteiger partial charge on any atom is 0.323 e. The maximum atomic E-state index is 12.2. The SMILES string of the molecule is NC(Cc1ccc(-c2cccc3ccccc23)cc1)C(=O)OCc1ccccc1. The molecule has 0 aliphatic rings. The van der Waals surface area contributed by atoms with Gasteiger partial charge in [-0.05, 0) is 39.4 Å². The van der Waals surface area contributed by atoms with Gasteiger partial charge in [-0.1, -0.05) is 97.1 Å². The van der Waals surface area contributed by atoms with Crippen molar-refractivity contribution in [2.45, 2.75) is 19.1 Å². The van der Waals surface area contributed by atoms with Crippen molar-refractivity contribution in [3.05, 3.63) is 108 Å². The Morgan fingerprint density at radius 2 is 1.45 bits per heavy atom. The van der Waals surface area contributed by atoms with Gasteiger partial charge in [-0.25, -0.2) is 0 Å². The zero-order chi connectivity index (χ0) is 20.1. The van der Waals surface area contributed by atoms with Crippen LogP contribution in [-0.2, 0) is 22.6 Å². The van der Waals surface area contributed by atoms with Crippen LogP contribution >= 0.6 is 0 Å². The number of benzene rings is 4. The Kier molecular flexibility index (Phi) is 5.68. The molecule has 0 amide bonds. The minimum atomic E-state index is -0.679. The summed E-state index contributed by atoms with van der Waals surface area (Å²) in [7, 11) is 0. The Morgan fingerprint density at radius 3 is 2.24 bits per heavy atom. The van der Waals surface area contributed by atoms with Gasteiger partial charge in [-0.15, -0.1) is 0 Å². The first-order chi connectivity index (χ1) is 14.2. The molecule has 0 radical (unpaired) electrons. The first-order valence-electron chi connectivity index (χ1n) is 9.74. The third-order valence-electron chi connectivity index (χ3n) is 5.04. The molecule has 2 N–H and O–H groups in total. The normalized spacial score (nSPS) is 11.9. The van der Waals surface area contributed by atoms with Crippen LogP contribution < -0.4 is 5.73 Å². The van der Waals surface area contributed by atoms with Gasteiger partial charge in [0.05, 0.1) is 0 Å². The smallest absolute Gasteiger partial charge is 0.323 e. The standard InChI is InChI=1S/C26H23NO2/c27-25(26(28)29-18-20-7-2-1-3-8-20)17-19-13-15-22(16-14-19)24-12-6-10-21-9-4-5-11-23(21)24/h1-16,25H,17-18,27H2. The van der Waals surface area contributed by atoms with Crippen molar-refractivity contribution in [2.24, 2.45) is 5.73 Å². The number of carbonyl (C=O) groups excluding carboxylic acids is 1. The van der Waals surface area contributed by atoms with E-state index >= 15 is 0 Å². The van der Waals surface area contributed by atoms with Crippen molar-refractivity contribution in [2.75, 3.05) is 0 Å². The summed E-state index contributed by atoms with van der Waals surface area (Å²) in [6.07, 6.45) is 0.448. The Labute approximate surface area is 170 Å². The van der Waals surface area contributed by atoms with E-state index in [1.165, 1.54) is 16.3 Å². The monoisotopic (exact) mass is 381 g/mol. The molecular weight excluding hydrogens is 358 g/mol. The van der Waals surface area contributed by atoms with Gasteiger partial charge >= 0.3 is 5.97 Å². The van der Waals surface area contributed by atoms with Crippen molar-refractivity contribution in [3.8, 4) is 11.1 Å². The van der Waals surface area contributed by atoms with E-state index in [2.05, 4.69) is 48.5 Å². The summed E-state index contributed by atoms with van der Waals surface area (Å²) in [4.78, 5) is 12.2. The molecule has 0 saturated heterocycles. The van der Waals surface area contributed by atoms with Crippen LogP contribution in [0.4, 0.5) is 0 Å². The van der Waals surface area contributed by atoms with Crippen LogP contribution in [-0.4, -0.2) is 12.0 Å². The zero-order valence-corrected chi connectivity index (χ0v) is 16.1. The Bertz CT molecular complexity index is 1100. The molecule has 1 atom stereocenters. The molecular formula is C26H23NO2. The highest BCUT2D eigenvalue weighted by Crippen LogP contribution is 2.28. The van der Waals surface area contributed by atoms with E-state index in [1.807, 2.05) is 48.5 Å². The van der Waals surface area contributed by atoms with E-state index in [0.717, 1.165) is 16.7 Å². The van der Waals surface area contributed by atoms with Gasteiger partial charge in [0.1, 0.15) is 12.6 Å². The summed E-state index contributed by atoms with van der Waals surface area (Å²) in [6.45, 7) is 0.243. The predicted molar refractivity (Wildman–Crippen MR) is 117 cm³/mol. The van der Waals surface area contributed by atoms with Gasteiger partial charge < -0.3 is 10.5 Å². The van der Waals surface area contributed by atoms with Crippen LogP contribution in [0.2, 0.25) is 0 Å². The van der Waals surface area contributed by atoms with Crippen molar-refractivity contribution >= 4 is 16.7 Å². The molecule has 0 aliphatic carbocycles. The Morgan fingerprint density at radius 1 is 0.759 bits per heavy atom. The lowest BCUT2D eigenvalue weighted by Crippen LogP contribution is -2.34. The van der Waals surface area contributed by atoms with Crippen LogP contribution in [0.5, 0.6) is 0 Å². The zero-order valence-electron chi connectivity index (χ0n) is 16.1. The van der Waals surface area contributed by atoms with Gasteiger partial charge in [0, 0.05) is 0 Å². The van der Waals surface area contributed by atoms with E-state index in [4.69, 9.17) is 10.5 Å². The lowest BCUT2D eigenvalue weighted by atomic mass is 9.96. The van der Waals surface area contributed by atoms with Crippen molar-refractivity contribution in [1.82, 2.24) is 0 Å². The third kappa shape index (κ3) is 4.53. The fourth-order valence-corrected chi connectivity index (χ4v) is 3.47. The van der Waals surface area contributed by atoms with Crippen LogP contribution in [0.15, 0.2) is 97.1 Å². The van der Waals surface area contributed by atoms with Gasteiger partial charge in [0.2, 0.25) is 0 Å². The maximum absolute atomic E-state index is 12.2. The molecule has 3 nitrogen and oxygen atoms in total. The highest BCUT2D eigenvalue weighted by molar-refractivity contribution is 5.96. The number of ether oxygens (including phenoxy) is 1. The summed E-state index contributed by atoms with van der Waals surface area (Å²) in [6, 6.07) is 31.8. The van der Waals surface area contributed by atoms with Gasteiger partial charge in [-0.2, -0.15) is 0 Å². The second kappa shape index (κ2) is 8.72. The van der Waals surface area contributed by atoms with E-state index in [0.29, 0.717) is 6.42 Å². The summed E-state index contributed by atoms with van der Waals surface area (Å²) < 4.78 is 5.34. The lowest BCUT2D eigenvalue weighted by Gasteiger charge is -2.12. The quantitative estimate of drug-likeness (QED) is 0.472. The number of fused-ring (bicyclic) bond motifs is 1.